The van der Waals surface area contributed by atoms with Gasteiger partial charge in [-0.05, 0) is 97.3 Å². The standard InChI is InChI=1S/C33H45F7O4S/c1-29-13-12-22-21-11-10-20(41)17-24(21)28(43)23(27(22)25(29)18-26(42)30(29)14-15-30)9-7-5-3-2-4-6-8-16-45(44)19-31(34,35)32(36,37)33(38,39)40/h10-11,17,22-23,25-28,41-43H,2-9,12-16,18-19H2,1H3/t22?,23-,25?,26+,27?,28-,29-,45?/m0/s1. The molecular weight excluding hydrogens is 625 g/mol. The minimum absolute atomic E-state index is 0.00727. The number of hydrogen-bond donors (Lipinski definition) is 3. The number of benzene rings is 1. The molecule has 5 rings (SSSR count). The summed E-state index contributed by atoms with van der Waals surface area (Å²) in [6, 6.07) is 5.35. The van der Waals surface area contributed by atoms with E-state index in [1.807, 2.05) is 6.07 Å². The molecule has 45 heavy (non-hydrogen) atoms. The number of aliphatic hydroxyl groups is 2. The van der Waals surface area contributed by atoms with Crippen LogP contribution in [-0.2, 0) is 10.8 Å². The van der Waals surface area contributed by atoms with Gasteiger partial charge in [0.2, 0.25) is 0 Å². The number of phenolic OH excluding ortho intramolecular Hbond substituents is 1. The predicted octanol–water partition coefficient (Wildman–Crippen LogP) is 8.42. The zero-order valence-corrected chi connectivity index (χ0v) is 26.4. The Morgan fingerprint density at radius 1 is 0.889 bits per heavy atom. The third-order valence-electron chi connectivity index (χ3n) is 12.0. The fourth-order valence-electron chi connectivity index (χ4n) is 9.47. The number of phenols is 1. The van der Waals surface area contributed by atoms with Crippen molar-refractivity contribution in [1.82, 2.24) is 0 Å². The van der Waals surface area contributed by atoms with Gasteiger partial charge in [0.15, 0.2) is 0 Å². The second-order valence-electron chi connectivity index (χ2n) is 14.4. The highest BCUT2D eigenvalue weighted by Crippen LogP contribution is 2.76. The lowest BCUT2D eigenvalue weighted by atomic mass is 9.50. The number of unbranched alkanes of at least 4 members (excludes halogenated alkanes) is 6. The van der Waals surface area contributed by atoms with Gasteiger partial charge in [0, 0.05) is 22.0 Å². The molecule has 0 heterocycles. The van der Waals surface area contributed by atoms with Gasteiger partial charge in [-0.25, -0.2) is 0 Å². The summed E-state index contributed by atoms with van der Waals surface area (Å²) in [6.45, 7) is 2.35. The van der Waals surface area contributed by atoms with Crippen molar-refractivity contribution in [2.45, 2.75) is 127 Å². The summed E-state index contributed by atoms with van der Waals surface area (Å²) in [6.07, 6.45) is 3.16. The van der Waals surface area contributed by atoms with Gasteiger partial charge in [-0.3, -0.25) is 4.21 Å². The number of halogens is 7. The Hall–Kier alpha value is -1.40. The first kappa shape index (κ1) is 34.9. The fourth-order valence-corrected chi connectivity index (χ4v) is 10.7. The normalized spacial score (nSPS) is 33.0. The molecule has 0 amide bonds. The summed E-state index contributed by atoms with van der Waals surface area (Å²) in [7, 11) is -2.50. The highest BCUT2D eigenvalue weighted by atomic mass is 32.2. The van der Waals surface area contributed by atoms with Crippen molar-refractivity contribution < 1.29 is 50.3 Å². The van der Waals surface area contributed by atoms with Crippen LogP contribution in [0.5, 0.6) is 5.75 Å². The summed E-state index contributed by atoms with van der Waals surface area (Å²) in [5, 5.41) is 33.0. The first-order valence-electron chi connectivity index (χ1n) is 16.3. The molecule has 4 aliphatic rings. The van der Waals surface area contributed by atoms with Crippen molar-refractivity contribution in [1.29, 1.82) is 0 Å². The monoisotopic (exact) mass is 670 g/mol. The van der Waals surface area contributed by atoms with Crippen LogP contribution >= 0.6 is 0 Å². The molecule has 0 aromatic heterocycles. The maximum Gasteiger partial charge on any atom is 0.459 e. The molecule has 3 N–H and O–H groups in total. The molecule has 3 fully saturated rings. The van der Waals surface area contributed by atoms with Gasteiger partial charge in [0.05, 0.1) is 18.0 Å². The maximum atomic E-state index is 13.5. The van der Waals surface area contributed by atoms with Crippen LogP contribution in [0.1, 0.15) is 114 Å². The molecule has 1 aromatic carbocycles. The highest BCUT2D eigenvalue weighted by Gasteiger charge is 2.73. The number of aromatic hydroxyl groups is 1. The number of aliphatic hydroxyl groups excluding tert-OH is 2. The van der Waals surface area contributed by atoms with Gasteiger partial charge in [-0.1, -0.05) is 51.5 Å². The number of hydrogen-bond acceptors (Lipinski definition) is 4. The van der Waals surface area contributed by atoms with Gasteiger partial charge < -0.3 is 15.3 Å². The van der Waals surface area contributed by atoms with Crippen LogP contribution in [0.15, 0.2) is 18.2 Å². The van der Waals surface area contributed by atoms with Gasteiger partial charge in [0.25, 0.3) is 0 Å². The second kappa shape index (κ2) is 12.6. The summed E-state index contributed by atoms with van der Waals surface area (Å²) in [5.41, 5.74) is 1.99. The van der Waals surface area contributed by atoms with Crippen LogP contribution in [0, 0.1) is 28.6 Å². The smallest absolute Gasteiger partial charge is 0.459 e. The molecule has 12 heteroatoms. The molecule has 1 aromatic rings. The van der Waals surface area contributed by atoms with Crippen LogP contribution in [-0.4, -0.2) is 55.2 Å². The zero-order chi connectivity index (χ0) is 33.0. The van der Waals surface area contributed by atoms with Crippen molar-refractivity contribution in [3.8, 4) is 5.75 Å². The molecule has 3 saturated carbocycles. The quantitative estimate of drug-likeness (QED) is 0.146. The van der Waals surface area contributed by atoms with E-state index in [0.717, 1.165) is 75.3 Å². The molecule has 4 aliphatic carbocycles. The van der Waals surface area contributed by atoms with Gasteiger partial charge in [0.1, 0.15) is 5.75 Å². The summed E-state index contributed by atoms with van der Waals surface area (Å²) in [5.74, 6) is -13.1. The Kier molecular flexibility index (Phi) is 9.75. The lowest BCUT2D eigenvalue weighted by Gasteiger charge is -2.55. The Bertz CT molecular complexity index is 1240. The van der Waals surface area contributed by atoms with E-state index < -0.39 is 40.7 Å². The molecule has 0 radical (unpaired) electrons. The van der Waals surface area contributed by atoms with E-state index in [1.165, 1.54) is 0 Å². The molecule has 1 spiro atoms. The summed E-state index contributed by atoms with van der Waals surface area (Å²) >= 11 is 0. The van der Waals surface area contributed by atoms with Gasteiger partial charge in [-0.15, -0.1) is 0 Å². The fraction of sp³-hybridized carbons (Fsp3) is 0.818. The first-order valence-corrected chi connectivity index (χ1v) is 17.8. The number of rotatable bonds is 13. The highest BCUT2D eigenvalue weighted by molar-refractivity contribution is 7.85. The van der Waals surface area contributed by atoms with E-state index in [9.17, 15) is 50.3 Å². The van der Waals surface area contributed by atoms with E-state index in [-0.39, 0.29) is 52.6 Å². The third kappa shape index (κ3) is 6.18. The van der Waals surface area contributed by atoms with Crippen molar-refractivity contribution in [2.75, 3.05) is 11.5 Å². The molecule has 4 unspecified atom stereocenters. The van der Waals surface area contributed by atoms with E-state index in [1.54, 1.807) is 12.1 Å². The van der Waals surface area contributed by atoms with E-state index in [4.69, 9.17) is 0 Å². The van der Waals surface area contributed by atoms with Crippen LogP contribution in [0.2, 0.25) is 0 Å². The Morgan fingerprint density at radius 3 is 2.13 bits per heavy atom. The van der Waals surface area contributed by atoms with Crippen LogP contribution in [0.3, 0.4) is 0 Å². The van der Waals surface area contributed by atoms with Crippen molar-refractivity contribution >= 4 is 10.8 Å². The maximum absolute atomic E-state index is 13.5. The SMILES string of the molecule is C[C@]12CCC3c4ccc(O)cc4[C@@H](O)[C@@H](CCCCCCCCCS(=O)CC(F)(F)C(F)(F)C(F)(F)F)C3C1C[C@@H](O)C21CC1. The van der Waals surface area contributed by atoms with Crippen molar-refractivity contribution in [3.05, 3.63) is 29.3 Å². The largest absolute Gasteiger partial charge is 0.508 e. The molecule has 0 bridgehead atoms. The first-order chi connectivity index (χ1) is 21.0. The van der Waals surface area contributed by atoms with Crippen LogP contribution in [0.25, 0.3) is 0 Å². The average Bonchev–Trinajstić information content (AvgIpc) is 3.73. The average molecular weight is 671 g/mol. The topological polar surface area (TPSA) is 77.8 Å². The van der Waals surface area contributed by atoms with E-state index >= 15 is 0 Å². The minimum atomic E-state index is -6.42. The molecule has 8 atom stereocenters. The summed E-state index contributed by atoms with van der Waals surface area (Å²) in [4.78, 5) is 0. The predicted molar refractivity (Wildman–Crippen MR) is 157 cm³/mol. The lowest BCUT2D eigenvalue weighted by molar-refractivity contribution is -0.348. The van der Waals surface area contributed by atoms with E-state index in [0.29, 0.717) is 18.8 Å². The van der Waals surface area contributed by atoms with Crippen molar-refractivity contribution in [3.63, 3.8) is 0 Å². The lowest BCUT2D eigenvalue weighted by Crippen LogP contribution is -2.54. The van der Waals surface area contributed by atoms with Gasteiger partial charge >= 0.3 is 18.0 Å². The van der Waals surface area contributed by atoms with Crippen LogP contribution in [0.4, 0.5) is 30.7 Å². The second-order valence-corrected chi connectivity index (χ2v) is 16.0. The molecule has 256 valence electrons. The number of alkyl halides is 7. The van der Waals surface area contributed by atoms with E-state index in [2.05, 4.69) is 6.92 Å². The van der Waals surface area contributed by atoms with Crippen LogP contribution < -0.4 is 0 Å². The molecular formula is C33H45F7O4S. The Balaban J connectivity index is 1.09. The van der Waals surface area contributed by atoms with Gasteiger partial charge in [-0.2, -0.15) is 30.7 Å². The Morgan fingerprint density at radius 2 is 1.51 bits per heavy atom. The van der Waals surface area contributed by atoms with Crippen molar-refractivity contribution in [2.24, 2.45) is 28.6 Å². The third-order valence-corrected chi connectivity index (χ3v) is 13.4. The Labute approximate surface area is 262 Å². The molecule has 0 aliphatic heterocycles. The summed E-state index contributed by atoms with van der Waals surface area (Å²) < 4.78 is 102. The molecule has 4 nitrogen and oxygen atoms in total. The number of fused-ring (bicyclic) bond motifs is 6. The minimum Gasteiger partial charge on any atom is -0.508 e. The molecule has 0 saturated heterocycles. The zero-order valence-electron chi connectivity index (χ0n) is 25.6.